The summed E-state index contributed by atoms with van der Waals surface area (Å²) in [4.78, 5) is 42.4. The molecule has 0 saturated carbocycles. The number of amides is 1. The molecule has 43 heavy (non-hydrogen) atoms. The van der Waals surface area contributed by atoms with E-state index in [4.69, 9.17) is 5.73 Å². The molecule has 1 aromatic carbocycles. The van der Waals surface area contributed by atoms with Crippen LogP contribution >= 0.6 is 0 Å². The largest absolute Gasteiger partial charge is 0.398 e. The molecule has 2 atom stereocenters. The molecule has 0 spiro atoms. The van der Waals surface area contributed by atoms with E-state index in [0.717, 1.165) is 23.0 Å². The minimum absolute atomic E-state index is 0.0565. The summed E-state index contributed by atoms with van der Waals surface area (Å²) in [5, 5.41) is 0.0565. The number of fused-ring (bicyclic) bond motifs is 1. The first kappa shape index (κ1) is 29.8. The van der Waals surface area contributed by atoms with Crippen LogP contribution in [0.1, 0.15) is 19.5 Å². The smallest absolute Gasteiger partial charge is 0.355 e. The van der Waals surface area contributed by atoms with Crippen molar-refractivity contribution in [3.63, 3.8) is 0 Å². The van der Waals surface area contributed by atoms with Crippen LogP contribution in [0.4, 0.5) is 20.3 Å². The van der Waals surface area contributed by atoms with Gasteiger partial charge < -0.3 is 15.5 Å². The van der Waals surface area contributed by atoms with Crippen LogP contribution in [0.5, 0.6) is 0 Å². The van der Waals surface area contributed by atoms with Gasteiger partial charge in [-0.05, 0) is 51.1 Å². The van der Waals surface area contributed by atoms with E-state index in [1.807, 2.05) is 13.8 Å². The number of benzene rings is 1. The molecule has 4 aromatic rings. The molecule has 5 rings (SSSR count). The number of nitrogens with zero attached hydrogens (tertiary/aromatic N) is 6. The highest BCUT2D eigenvalue weighted by Gasteiger charge is 2.34. The Hall–Kier alpha value is -4.72. The van der Waals surface area contributed by atoms with Gasteiger partial charge in [-0.2, -0.15) is 4.98 Å². The number of nitrogen functional groups attached to an aromatic ring is 1. The van der Waals surface area contributed by atoms with E-state index in [2.05, 4.69) is 21.5 Å². The molecule has 1 saturated heterocycles. The van der Waals surface area contributed by atoms with Crippen molar-refractivity contribution >= 4 is 38.3 Å². The highest BCUT2D eigenvalue weighted by Crippen LogP contribution is 2.35. The second kappa shape index (κ2) is 10.8. The molecule has 4 heterocycles. The summed E-state index contributed by atoms with van der Waals surface area (Å²) >= 11 is 0. The number of carbonyl (C=O) groups excluding carboxylic acids is 1. The molecule has 224 valence electrons. The van der Waals surface area contributed by atoms with Crippen LogP contribution in [-0.2, 0) is 14.6 Å². The zero-order valence-electron chi connectivity index (χ0n) is 23.9. The van der Waals surface area contributed by atoms with Gasteiger partial charge in [0, 0.05) is 43.3 Å². The lowest BCUT2D eigenvalue weighted by molar-refractivity contribution is -0.128. The van der Waals surface area contributed by atoms with Gasteiger partial charge in [-0.1, -0.05) is 12.6 Å². The fourth-order valence-electron chi connectivity index (χ4n) is 5.44. The summed E-state index contributed by atoms with van der Waals surface area (Å²) in [5.41, 5.74) is 4.09. The van der Waals surface area contributed by atoms with Gasteiger partial charge in [0.1, 0.15) is 17.3 Å². The standard InChI is InChI=1S/C29H29F2N7O4S/c1-6-23(39)36-13-16(3)37(14-15(36)2)27-18-12-20(31)25(24-19(30)8-7-9-21(24)32)34-28(18)38(29(40)35-27)26-17(4)33-11-10-22(26)43(5,41)42/h6-12,15-16H,1,13-14,32H2,2-5H3/t15-,16-/m0/s1. The number of aromatic nitrogens is 4. The fraction of sp³-hybridized carbons (Fsp3) is 0.276. The molecule has 1 amide bonds. The maximum Gasteiger partial charge on any atom is 0.355 e. The lowest BCUT2D eigenvalue weighted by atomic mass is 10.1. The van der Waals surface area contributed by atoms with E-state index in [-0.39, 0.29) is 75.5 Å². The van der Waals surface area contributed by atoms with Gasteiger partial charge in [-0.3, -0.25) is 9.78 Å². The summed E-state index contributed by atoms with van der Waals surface area (Å²) in [6.07, 6.45) is 3.49. The molecule has 11 nitrogen and oxygen atoms in total. The molecule has 0 aliphatic carbocycles. The highest BCUT2D eigenvalue weighted by atomic mass is 32.2. The van der Waals surface area contributed by atoms with Crippen molar-refractivity contribution in [1.82, 2.24) is 24.4 Å². The summed E-state index contributed by atoms with van der Waals surface area (Å²) in [6.45, 7) is 9.20. The van der Waals surface area contributed by atoms with Gasteiger partial charge >= 0.3 is 5.69 Å². The van der Waals surface area contributed by atoms with Crippen LogP contribution in [0.15, 0.2) is 58.9 Å². The average molecular weight is 610 g/mol. The molecular weight excluding hydrogens is 580 g/mol. The van der Waals surface area contributed by atoms with Crippen molar-refractivity contribution in [3.05, 3.63) is 77.0 Å². The number of hydrogen-bond acceptors (Lipinski definition) is 9. The second-order valence-corrected chi connectivity index (χ2v) is 12.5. The van der Waals surface area contributed by atoms with Crippen LogP contribution in [0.3, 0.4) is 0 Å². The summed E-state index contributed by atoms with van der Waals surface area (Å²) < 4.78 is 57.4. The average Bonchev–Trinajstić information content (AvgIpc) is 2.93. The number of sulfone groups is 1. The molecule has 14 heteroatoms. The van der Waals surface area contributed by atoms with Crippen LogP contribution in [0.25, 0.3) is 28.0 Å². The maximum absolute atomic E-state index is 15.9. The Balaban J connectivity index is 1.87. The third kappa shape index (κ3) is 5.11. The van der Waals surface area contributed by atoms with Crippen molar-refractivity contribution < 1.29 is 22.0 Å². The van der Waals surface area contributed by atoms with Gasteiger partial charge in [0.15, 0.2) is 21.3 Å². The summed E-state index contributed by atoms with van der Waals surface area (Å²) in [5.74, 6) is -1.96. The van der Waals surface area contributed by atoms with Crippen LogP contribution in [0.2, 0.25) is 0 Å². The topological polar surface area (TPSA) is 144 Å². The number of piperazine rings is 1. The van der Waals surface area contributed by atoms with Gasteiger partial charge in [-0.15, -0.1) is 0 Å². The minimum atomic E-state index is -3.90. The number of carbonyl (C=O) groups is 1. The molecule has 0 radical (unpaired) electrons. The van der Waals surface area contributed by atoms with E-state index in [9.17, 15) is 22.4 Å². The zero-order chi connectivity index (χ0) is 31.4. The van der Waals surface area contributed by atoms with Crippen LogP contribution in [-0.4, -0.2) is 70.2 Å². The van der Waals surface area contributed by atoms with Gasteiger partial charge in [-0.25, -0.2) is 31.5 Å². The van der Waals surface area contributed by atoms with Crippen LogP contribution < -0.4 is 16.3 Å². The Labute approximate surface area is 246 Å². The highest BCUT2D eigenvalue weighted by molar-refractivity contribution is 7.90. The van der Waals surface area contributed by atoms with Crippen molar-refractivity contribution in [2.45, 2.75) is 37.8 Å². The third-order valence-electron chi connectivity index (χ3n) is 7.49. The predicted molar refractivity (Wildman–Crippen MR) is 159 cm³/mol. The van der Waals surface area contributed by atoms with Crippen molar-refractivity contribution in [2.24, 2.45) is 0 Å². The number of halogens is 2. The maximum atomic E-state index is 15.9. The van der Waals surface area contributed by atoms with E-state index >= 15 is 4.39 Å². The van der Waals surface area contributed by atoms with Gasteiger partial charge in [0.05, 0.1) is 27.2 Å². The normalized spacial score (nSPS) is 17.3. The number of aryl methyl sites for hydroxylation is 1. The predicted octanol–water partition coefficient (Wildman–Crippen LogP) is 3.03. The number of rotatable bonds is 5. The first-order chi connectivity index (χ1) is 20.2. The molecule has 1 fully saturated rings. The molecular formula is C29H29F2N7O4S. The van der Waals surface area contributed by atoms with E-state index < -0.39 is 32.9 Å². The summed E-state index contributed by atoms with van der Waals surface area (Å²) in [7, 11) is -3.90. The minimum Gasteiger partial charge on any atom is -0.398 e. The van der Waals surface area contributed by atoms with Gasteiger partial charge in [0.25, 0.3) is 0 Å². The van der Waals surface area contributed by atoms with Crippen molar-refractivity contribution in [2.75, 3.05) is 30.0 Å². The van der Waals surface area contributed by atoms with Crippen molar-refractivity contribution in [3.8, 4) is 16.9 Å². The third-order valence-corrected chi connectivity index (χ3v) is 8.62. The first-order valence-electron chi connectivity index (χ1n) is 13.3. The molecule has 2 N–H and O–H groups in total. The number of nitrogens with two attached hydrogens (primary N) is 1. The zero-order valence-corrected chi connectivity index (χ0v) is 24.7. The van der Waals surface area contributed by atoms with Crippen LogP contribution in [0, 0.1) is 18.6 Å². The molecule has 1 aliphatic heterocycles. The quantitative estimate of drug-likeness (QED) is 0.267. The Morgan fingerprint density at radius 1 is 1.12 bits per heavy atom. The summed E-state index contributed by atoms with van der Waals surface area (Å²) in [6, 6.07) is 5.46. The Kier molecular flexibility index (Phi) is 7.50. The molecule has 0 bridgehead atoms. The van der Waals surface area contributed by atoms with E-state index in [1.165, 1.54) is 37.4 Å². The lowest BCUT2D eigenvalue weighted by Gasteiger charge is -2.44. The fourth-order valence-corrected chi connectivity index (χ4v) is 6.34. The monoisotopic (exact) mass is 609 g/mol. The number of anilines is 2. The molecule has 3 aromatic heterocycles. The van der Waals surface area contributed by atoms with E-state index in [1.54, 1.807) is 9.80 Å². The molecule has 1 aliphatic rings. The lowest BCUT2D eigenvalue weighted by Crippen LogP contribution is -2.58. The van der Waals surface area contributed by atoms with Crippen molar-refractivity contribution in [1.29, 1.82) is 0 Å². The number of hydrogen-bond donors (Lipinski definition) is 1. The molecule has 0 unspecified atom stereocenters. The Morgan fingerprint density at radius 2 is 1.84 bits per heavy atom. The van der Waals surface area contributed by atoms with E-state index in [0.29, 0.717) is 0 Å². The SMILES string of the molecule is C=CC(=O)N1C[C@H](C)N(c2nc(=O)n(-c3c(S(C)(=O)=O)ccnc3C)c3nc(-c4c(N)cccc4F)c(F)cc23)C[C@@H]1C. The Bertz CT molecular complexity index is 1960. The second-order valence-electron chi connectivity index (χ2n) is 10.5. The van der Waals surface area contributed by atoms with Gasteiger partial charge in [0.2, 0.25) is 5.91 Å². The Morgan fingerprint density at radius 3 is 2.49 bits per heavy atom. The number of pyridine rings is 2. The first-order valence-corrected chi connectivity index (χ1v) is 15.2.